The Labute approximate surface area is 123 Å². The van der Waals surface area contributed by atoms with Crippen LogP contribution in [0.3, 0.4) is 0 Å². The molecule has 0 saturated heterocycles. The van der Waals surface area contributed by atoms with Crippen molar-refractivity contribution in [2.75, 3.05) is 0 Å². The maximum Gasteiger partial charge on any atom is 0.336 e. The predicted octanol–water partition coefficient (Wildman–Crippen LogP) is 3.84. The molecule has 0 spiro atoms. The minimum absolute atomic E-state index is 0.177. The van der Waals surface area contributed by atoms with E-state index in [9.17, 15) is 15.2 Å². The van der Waals surface area contributed by atoms with Crippen LogP contribution in [0, 0.1) is 17.2 Å². The van der Waals surface area contributed by atoms with Crippen molar-refractivity contribution in [1.29, 1.82) is 5.26 Å². The monoisotopic (exact) mass is 277 g/mol. The summed E-state index contributed by atoms with van der Waals surface area (Å²) in [6.45, 7) is 1.72. The van der Waals surface area contributed by atoms with Crippen LogP contribution in [0.2, 0.25) is 0 Å². The number of nitrogens with zero attached hydrogens (tertiary/aromatic N) is 1. The molecule has 1 atom stereocenters. The smallest absolute Gasteiger partial charge is 0.336 e. The lowest BCUT2D eigenvalue weighted by molar-refractivity contribution is -0.130. The van der Waals surface area contributed by atoms with E-state index in [4.69, 9.17) is 0 Å². The Morgan fingerprint density at radius 2 is 1.48 bits per heavy atom. The molecule has 0 fully saturated rings. The lowest BCUT2D eigenvalue weighted by Crippen LogP contribution is -2.08. The zero-order chi connectivity index (χ0) is 15.2. The number of benzene rings is 2. The van der Waals surface area contributed by atoms with Gasteiger partial charge in [0.05, 0.1) is 17.6 Å². The second kappa shape index (κ2) is 6.53. The quantitative estimate of drug-likeness (QED) is 0.682. The standard InChI is InChI=1S/C18H15NO2/c1-13(12-19)16(14-8-4-2-5-9-14)17(18(20)21)15-10-6-3-7-11-15/h2-11,13H,1H3,(H,20,21)/b17-16-. The van der Waals surface area contributed by atoms with Gasteiger partial charge in [0.15, 0.2) is 0 Å². The first-order valence-electron chi connectivity index (χ1n) is 6.63. The van der Waals surface area contributed by atoms with E-state index in [-0.39, 0.29) is 5.57 Å². The highest BCUT2D eigenvalue weighted by Crippen LogP contribution is 2.32. The second-order valence-electron chi connectivity index (χ2n) is 4.68. The number of carboxylic acids is 1. The highest BCUT2D eigenvalue weighted by atomic mass is 16.4. The third-order valence-electron chi connectivity index (χ3n) is 3.26. The summed E-state index contributed by atoms with van der Waals surface area (Å²) in [6, 6.07) is 20.2. The van der Waals surface area contributed by atoms with E-state index in [1.807, 2.05) is 36.4 Å². The molecule has 0 aliphatic heterocycles. The maximum atomic E-state index is 11.8. The first-order valence-corrected chi connectivity index (χ1v) is 6.63. The van der Waals surface area contributed by atoms with Crippen LogP contribution in [0.5, 0.6) is 0 Å². The molecule has 0 aliphatic carbocycles. The molecule has 0 amide bonds. The Kier molecular flexibility index (Phi) is 4.53. The van der Waals surface area contributed by atoms with Crippen LogP contribution >= 0.6 is 0 Å². The highest BCUT2D eigenvalue weighted by Gasteiger charge is 2.22. The molecular weight excluding hydrogens is 262 g/mol. The van der Waals surface area contributed by atoms with E-state index < -0.39 is 11.9 Å². The van der Waals surface area contributed by atoms with Crippen LogP contribution in [0.4, 0.5) is 0 Å². The molecule has 104 valence electrons. The Hall–Kier alpha value is -2.86. The second-order valence-corrected chi connectivity index (χ2v) is 4.68. The van der Waals surface area contributed by atoms with Crippen LogP contribution in [-0.2, 0) is 4.79 Å². The molecule has 0 aliphatic rings. The van der Waals surface area contributed by atoms with Crippen molar-refractivity contribution in [3.63, 3.8) is 0 Å². The van der Waals surface area contributed by atoms with E-state index in [1.165, 1.54) is 0 Å². The Morgan fingerprint density at radius 3 is 1.90 bits per heavy atom. The number of hydrogen-bond donors (Lipinski definition) is 1. The normalized spacial score (nSPS) is 13.0. The largest absolute Gasteiger partial charge is 0.478 e. The van der Waals surface area contributed by atoms with E-state index in [1.54, 1.807) is 31.2 Å². The van der Waals surface area contributed by atoms with Crippen LogP contribution < -0.4 is 0 Å². The third kappa shape index (κ3) is 3.18. The first kappa shape index (κ1) is 14.5. The number of rotatable bonds is 4. The minimum Gasteiger partial charge on any atom is -0.478 e. The number of hydrogen-bond acceptors (Lipinski definition) is 2. The molecule has 1 N–H and O–H groups in total. The lowest BCUT2D eigenvalue weighted by atomic mass is 9.87. The summed E-state index contributed by atoms with van der Waals surface area (Å²) < 4.78 is 0. The fourth-order valence-electron chi connectivity index (χ4n) is 2.29. The summed E-state index contributed by atoms with van der Waals surface area (Å²) in [5.41, 5.74) is 2.08. The molecule has 2 rings (SSSR count). The molecule has 1 unspecified atom stereocenters. The number of nitriles is 1. The molecule has 2 aromatic rings. The molecule has 3 heteroatoms. The van der Waals surface area contributed by atoms with Crippen LogP contribution in [0.1, 0.15) is 18.1 Å². The molecule has 0 bridgehead atoms. The summed E-state index contributed by atoms with van der Waals surface area (Å²) in [6.07, 6.45) is 0. The molecule has 2 aromatic carbocycles. The van der Waals surface area contributed by atoms with Crippen molar-refractivity contribution in [1.82, 2.24) is 0 Å². The van der Waals surface area contributed by atoms with Gasteiger partial charge in [0.1, 0.15) is 0 Å². The average molecular weight is 277 g/mol. The molecule has 0 aromatic heterocycles. The van der Waals surface area contributed by atoms with Gasteiger partial charge in [0.2, 0.25) is 0 Å². The zero-order valence-electron chi connectivity index (χ0n) is 11.7. The maximum absolute atomic E-state index is 11.8. The molecule has 0 saturated carbocycles. The van der Waals surface area contributed by atoms with E-state index in [0.717, 1.165) is 5.56 Å². The molecule has 21 heavy (non-hydrogen) atoms. The van der Waals surface area contributed by atoms with E-state index >= 15 is 0 Å². The lowest BCUT2D eigenvalue weighted by Gasteiger charge is -2.15. The Balaban J connectivity index is 2.76. The van der Waals surface area contributed by atoms with E-state index in [2.05, 4.69) is 6.07 Å². The average Bonchev–Trinajstić information content (AvgIpc) is 2.53. The van der Waals surface area contributed by atoms with Gasteiger partial charge in [-0.3, -0.25) is 0 Å². The van der Waals surface area contributed by atoms with Gasteiger partial charge in [-0.25, -0.2) is 4.79 Å². The topological polar surface area (TPSA) is 61.1 Å². The van der Waals surface area contributed by atoms with Crippen molar-refractivity contribution in [2.45, 2.75) is 6.92 Å². The Morgan fingerprint density at radius 1 is 1.00 bits per heavy atom. The molecule has 0 heterocycles. The van der Waals surface area contributed by atoms with Crippen molar-refractivity contribution < 1.29 is 9.90 Å². The Bertz CT molecular complexity index is 697. The summed E-state index contributed by atoms with van der Waals surface area (Å²) in [4.78, 5) is 11.8. The van der Waals surface area contributed by atoms with Gasteiger partial charge >= 0.3 is 5.97 Å². The molecular formula is C18H15NO2. The van der Waals surface area contributed by atoms with Gasteiger partial charge in [-0.05, 0) is 23.6 Å². The van der Waals surface area contributed by atoms with Crippen molar-refractivity contribution in [2.24, 2.45) is 5.92 Å². The van der Waals surface area contributed by atoms with Gasteiger partial charge < -0.3 is 5.11 Å². The number of carboxylic acid groups (broad SMARTS) is 1. The number of carbonyl (C=O) groups is 1. The fraction of sp³-hybridized carbons (Fsp3) is 0.111. The SMILES string of the molecule is CC(C#N)/C(=C(/C(=O)O)c1ccccc1)c1ccccc1. The van der Waals surface area contributed by atoms with Gasteiger partial charge in [-0.2, -0.15) is 5.26 Å². The highest BCUT2D eigenvalue weighted by molar-refractivity contribution is 6.24. The molecule has 0 radical (unpaired) electrons. The van der Waals surface area contributed by atoms with Crippen molar-refractivity contribution >= 4 is 17.1 Å². The van der Waals surface area contributed by atoms with Gasteiger partial charge in [0, 0.05) is 0 Å². The van der Waals surface area contributed by atoms with Crippen molar-refractivity contribution in [3.05, 3.63) is 71.8 Å². The van der Waals surface area contributed by atoms with Gasteiger partial charge in [-0.1, -0.05) is 60.7 Å². The van der Waals surface area contributed by atoms with Crippen molar-refractivity contribution in [3.8, 4) is 6.07 Å². The first-order chi connectivity index (χ1) is 10.1. The fourth-order valence-corrected chi connectivity index (χ4v) is 2.29. The number of allylic oxidation sites excluding steroid dienone is 1. The summed E-state index contributed by atoms with van der Waals surface area (Å²) >= 11 is 0. The zero-order valence-corrected chi connectivity index (χ0v) is 11.7. The third-order valence-corrected chi connectivity index (χ3v) is 3.26. The number of aliphatic carboxylic acids is 1. The minimum atomic E-state index is -1.03. The van der Waals surface area contributed by atoms with Gasteiger partial charge in [0.25, 0.3) is 0 Å². The predicted molar refractivity (Wildman–Crippen MR) is 82.1 cm³/mol. The van der Waals surface area contributed by atoms with E-state index in [0.29, 0.717) is 11.1 Å². The van der Waals surface area contributed by atoms with Crippen LogP contribution in [0.15, 0.2) is 60.7 Å². The van der Waals surface area contributed by atoms with Crippen LogP contribution in [0.25, 0.3) is 11.1 Å². The molecule has 3 nitrogen and oxygen atoms in total. The summed E-state index contributed by atoms with van der Waals surface area (Å²) in [5, 5.41) is 18.9. The van der Waals surface area contributed by atoms with Gasteiger partial charge in [-0.15, -0.1) is 0 Å². The van der Waals surface area contributed by atoms with Crippen LogP contribution in [-0.4, -0.2) is 11.1 Å². The summed E-state index contributed by atoms with van der Waals surface area (Å²) in [5.74, 6) is -1.54. The summed E-state index contributed by atoms with van der Waals surface area (Å²) in [7, 11) is 0.